The summed E-state index contributed by atoms with van der Waals surface area (Å²) in [6.07, 6.45) is 0.844. The lowest BCUT2D eigenvalue weighted by molar-refractivity contribution is -0.160. The van der Waals surface area contributed by atoms with E-state index in [2.05, 4.69) is 9.93 Å². The molecule has 1 aromatic rings. The van der Waals surface area contributed by atoms with Gasteiger partial charge in [-0.15, -0.1) is 0 Å². The third-order valence-corrected chi connectivity index (χ3v) is 4.58. The number of nitrogens with zero attached hydrogens (tertiary/aromatic N) is 1. The second-order valence-corrected chi connectivity index (χ2v) is 8.39. The van der Waals surface area contributed by atoms with Gasteiger partial charge in [-0.05, 0) is 39.8 Å². The molecule has 0 radical (unpaired) electrons. The van der Waals surface area contributed by atoms with Crippen LogP contribution in [0.1, 0.15) is 39.2 Å². The average Bonchev–Trinajstić information content (AvgIpc) is 2.35. The van der Waals surface area contributed by atoms with Crippen molar-refractivity contribution in [1.82, 2.24) is 4.83 Å². The highest BCUT2D eigenvalue weighted by molar-refractivity contribution is 7.89. The molecule has 0 heterocycles. The van der Waals surface area contributed by atoms with Crippen molar-refractivity contribution in [1.29, 1.82) is 0 Å². The summed E-state index contributed by atoms with van der Waals surface area (Å²) >= 11 is 0. The van der Waals surface area contributed by atoms with Crippen molar-refractivity contribution in [2.45, 2.75) is 51.0 Å². The highest BCUT2D eigenvalue weighted by Crippen LogP contribution is 2.27. The van der Waals surface area contributed by atoms with Gasteiger partial charge in [-0.2, -0.15) is 13.5 Å². The number of benzene rings is 1. The molecule has 0 unspecified atom stereocenters. The van der Waals surface area contributed by atoms with Crippen molar-refractivity contribution in [2.75, 3.05) is 0 Å². The van der Waals surface area contributed by atoms with Crippen LogP contribution in [0.3, 0.4) is 0 Å². The first kappa shape index (κ1) is 17.5. The van der Waals surface area contributed by atoms with Crippen LogP contribution in [0, 0.1) is 12.8 Å². The van der Waals surface area contributed by atoms with E-state index in [1.54, 1.807) is 12.1 Å². The zero-order valence-electron chi connectivity index (χ0n) is 13.8. The van der Waals surface area contributed by atoms with Gasteiger partial charge in [0.15, 0.2) is 0 Å². The number of hydrogen-bond acceptors (Lipinski definition) is 5. The Morgan fingerprint density at radius 3 is 2.30 bits per heavy atom. The van der Waals surface area contributed by atoms with Crippen molar-refractivity contribution < 1.29 is 17.9 Å². The number of hydrazone groups is 1. The molecule has 0 spiro atoms. The maximum absolute atomic E-state index is 12.1. The van der Waals surface area contributed by atoms with Crippen LogP contribution in [0.5, 0.6) is 0 Å². The molecule has 6 nitrogen and oxygen atoms in total. The Balaban J connectivity index is 1.91. The number of esters is 1. The molecular weight excluding hydrogens is 316 g/mol. The molecule has 1 aliphatic rings. The summed E-state index contributed by atoms with van der Waals surface area (Å²) in [6.45, 7) is 7.33. The van der Waals surface area contributed by atoms with Crippen molar-refractivity contribution in [3.05, 3.63) is 29.8 Å². The van der Waals surface area contributed by atoms with Crippen LogP contribution in [0.15, 0.2) is 34.3 Å². The fraction of sp³-hybridized carbons (Fsp3) is 0.500. The van der Waals surface area contributed by atoms with E-state index in [0.29, 0.717) is 18.6 Å². The standard InChI is InChI=1S/C16H22N2O4S/c1-11-5-7-14(8-6-11)23(20,21)18-17-13-9-12(10-13)15(19)22-16(2,3)4/h5-8,12,18H,9-10H2,1-4H3. The Bertz CT molecular complexity index is 707. The number of carbonyl (C=O) groups is 1. The van der Waals surface area contributed by atoms with E-state index < -0.39 is 15.6 Å². The lowest BCUT2D eigenvalue weighted by Gasteiger charge is -2.29. The van der Waals surface area contributed by atoms with Crippen LogP contribution < -0.4 is 4.83 Å². The number of sulfonamides is 1. The lowest BCUT2D eigenvalue weighted by Crippen LogP contribution is -2.37. The molecule has 1 aliphatic carbocycles. The molecule has 23 heavy (non-hydrogen) atoms. The summed E-state index contributed by atoms with van der Waals surface area (Å²) in [6, 6.07) is 6.51. The minimum atomic E-state index is -3.67. The molecule has 1 fully saturated rings. The zero-order chi connectivity index (χ0) is 17.3. The van der Waals surface area contributed by atoms with Gasteiger partial charge >= 0.3 is 5.97 Å². The Morgan fingerprint density at radius 2 is 1.78 bits per heavy atom. The van der Waals surface area contributed by atoms with Gasteiger partial charge < -0.3 is 4.74 Å². The molecule has 1 N–H and O–H groups in total. The van der Waals surface area contributed by atoms with E-state index >= 15 is 0 Å². The number of aryl methyl sites for hydroxylation is 1. The summed E-state index contributed by atoms with van der Waals surface area (Å²) in [4.78, 5) is 14.2. The third-order valence-electron chi connectivity index (χ3n) is 3.36. The fourth-order valence-corrected chi connectivity index (χ4v) is 2.90. The van der Waals surface area contributed by atoms with Gasteiger partial charge in [0.05, 0.1) is 10.8 Å². The highest BCUT2D eigenvalue weighted by Gasteiger charge is 2.35. The quantitative estimate of drug-likeness (QED) is 0.675. The van der Waals surface area contributed by atoms with Gasteiger partial charge in [0.25, 0.3) is 10.0 Å². The molecule has 0 aromatic heterocycles. The second kappa shape index (κ2) is 6.31. The van der Waals surface area contributed by atoms with E-state index in [4.69, 9.17) is 4.74 Å². The topological polar surface area (TPSA) is 84.8 Å². The molecule has 0 atom stereocenters. The van der Waals surface area contributed by atoms with E-state index in [1.807, 2.05) is 27.7 Å². The smallest absolute Gasteiger partial charge is 0.310 e. The van der Waals surface area contributed by atoms with Crippen molar-refractivity contribution in [2.24, 2.45) is 11.0 Å². The zero-order valence-corrected chi connectivity index (χ0v) is 14.6. The van der Waals surface area contributed by atoms with E-state index in [9.17, 15) is 13.2 Å². The maximum Gasteiger partial charge on any atom is 0.310 e. The molecular formula is C16H22N2O4S. The summed E-state index contributed by atoms with van der Waals surface area (Å²) in [7, 11) is -3.67. The number of ether oxygens (including phenoxy) is 1. The normalized spacial score (nSPS) is 18.1. The van der Waals surface area contributed by atoms with E-state index in [1.165, 1.54) is 12.1 Å². The van der Waals surface area contributed by atoms with Crippen LogP contribution in [0.4, 0.5) is 0 Å². The fourth-order valence-electron chi connectivity index (χ4n) is 2.05. The molecule has 2 rings (SSSR count). The Labute approximate surface area is 137 Å². The van der Waals surface area contributed by atoms with Crippen LogP contribution in [0.2, 0.25) is 0 Å². The van der Waals surface area contributed by atoms with Crippen molar-refractivity contribution in [3.8, 4) is 0 Å². The first-order valence-electron chi connectivity index (χ1n) is 7.43. The monoisotopic (exact) mass is 338 g/mol. The molecule has 7 heteroatoms. The maximum atomic E-state index is 12.1. The first-order valence-corrected chi connectivity index (χ1v) is 8.92. The molecule has 0 aliphatic heterocycles. The van der Waals surface area contributed by atoms with E-state index in [-0.39, 0.29) is 16.8 Å². The predicted molar refractivity (Wildman–Crippen MR) is 87.5 cm³/mol. The minimum Gasteiger partial charge on any atom is -0.460 e. The van der Waals surface area contributed by atoms with Crippen LogP contribution in [-0.2, 0) is 19.6 Å². The second-order valence-electron chi connectivity index (χ2n) is 6.72. The van der Waals surface area contributed by atoms with Crippen LogP contribution in [0.25, 0.3) is 0 Å². The van der Waals surface area contributed by atoms with Gasteiger partial charge in [-0.1, -0.05) is 17.7 Å². The SMILES string of the molecule is Cc1ccc(S(=O)(=O)NN=C2CC(C(=O)OC(C)(C)C)C2)cc1. The number of rotatable bonds is 4. The number of hydrogen-bond donors (Lipinski definition) is 1. The Kier molecular flexibility index (Phi) is 4.79. The Hall–Kier alpha value is -1.89. The highest BCUT2D eigenvalue weighted by atomic mass is 32.2. The molecule has 1 saturated carbocycles. The lowest BCUT2D eigenvalue weighted by atomic mass is 9.83. The molecule has 0 bridgehead atoms. The van der Waals surface area contributed by atoms with Crippen molar-refractivity contribution in [3.63, 3.8) is 0 Å². The minimum absolute atomic E-state index is 0.162. The van der Waals surface area contributed by atoms with Gasteiger partial charge in [0.2, 0.25) is 0 Å². The average molecular weight is 338 g/mol. The van der Waals surface area contributed by atoms with Gasteiger partial charge in [0.1, 0.15) is 5.60 Å². The third kappa shape index (κ3) is 4.79. The largest absolute Gasteiger partial charge is 0.460 e. The summed E-state index contributed by atoms with van der Waals surface area (Å²) < 4.78 is 29.4. The summed E-state index contributed by atoms with van der Waals surface area (Å²) in [5.74, 6) is -0.505. The molecule has 1 aromatic carbocycles. The van der Waals surface area contributed by atoms with Crippen molar-refractivity contribution >= 4 is 21.7 Å². The van der Waals surface area contributed by atoms with E-state index in [0.717, 1.165) is 5.56 Å². The predicted octanol–water partition coefficient (Wildman–Crippen LogP) is 2.38. The van der Waals surface area contributed by atoms with Crippen LogP contribution >= 0.6 is 0 Å². The van der Waals surface area contributed by atoms with Crippen LogP contribution in [-0.4, -0.2) is 25.7 Å². The van der Waals surface area contributed by atoms with Gasteiger partial charge in [0, 0.05) is 18.6 Å². The summed E-state index contributed by atoms with van der Waals surface area (Å²) in [5.41, 5.74) is 1.11. The Morgan fingerprint density at radius 1 is 1.22 bits per heavy atom. The molecule has 0 amide bonds. The number of nitrogens with one attached hydrogen (secondary N) is 1. The molecule has 0 saturated heterocycles. The first-order chi connectivity index (χ1) is 10.6. The number of carbonyl (C=O) groups excluding carboxylic acids is 1. The van der Waals surface area contributed by atoms with Gasteiger partial charge in [-0.25, -0.2) is 4.83 Å². The summed E-state index contributed by atoms with van der Waals surface area (Å²) in [5, 5.41) is 3.90. The van der Waals surface area contributed by atoms with Gasteiger partial charge in [-0.3, -0.25) is 4.79 Å². The molecule has 126 valence electrons.